The minimum atomic E-state index is -0.635. The summed E-state index contributed by atoms with van der Waals surface area (Å²) in [6.07, 6.45) is 9.37. The van der Waals surface area contributed by atoms with Crippen LogP contribution in [0.4, 0.5) is 5.69 Å². The molecule has 4 fully saturated rings. The molecular weight excluding hydrogens is 384 g/mol. The van der Waals surface area contributed by atoms with Crippen molar-refractivity contribution in [3.05, 3.63) is 32.3 Å². The molecule has 6 heteroatoms. The molecule has 0 aliphatic heterocycles. The summed E-state index contributed by atoms with van der Waals surface area (Å²) in [5, 5.41) is 23.2. The molecule has 25 heavy (non-hydrogen) atoms. The summed E-state index contributed by atoms with van der Waals surface area (Å²) in [5.74, 6) is 1.11. The number of nitro benzene ring substituents is 1. The van der Waals surface area contributed by atoms with Crippen LogP contribution in [0.3, 0.4) is 0 Å². The Morgan fingerprint density at radius 1 is 1.32 bits per heavy atom. The first-order valence-corrected chi connectivity index (χ1v) is 9.72. The highest BCUT2D eigenvalue weighted by atomic mass is 79.9. The fourth-order valence-electron chi connectivity index (χ4n) is 6.28. The molecule has 4 bridgehead atoms. The number of hydrogen-bond acceptors (Lipinski definition) is 4. The zero-order valence-electron chi connectivity index (χ0n) is 14.3. The second-order valence-electron chi connectivity index (χ2n) is 8.84. The zero-order valence-corrected chi connectivity index (χ0v) is 15.9. The standard InChI is InChI=1S/C19H23BrN2O3/c1-18-5-12-2-13(6-18)8-19(7-12,10-18)11-21-9-14-3-15(20)4-16(17(14)23)22(24)25/h3-4,9,12-13,23H,2,5-8,10-11H2,1H3/p-1/t12-,13+,18?,19?. The second-order valence-corrected chi connectivity index (χ2v) is 9.76. The lowest BCUT2D eigenvalue weighted by Crippen LogP contribution is -2.51. The van der Waals surface area contributed by atoms with Gasteiger partial charge in [-0.15, -0.1) is 0 Å². The van der Waals surface area contributed by atoms with Crippen molar-refractivity contribution in [1.82, 2.24) is 0 Å². The van der Waals surface area contributed by atoms with Crippen molar-refractivity contribution in [2.75, 3.05) is 6.54 Å². The van der Waals surface area contributed by atoms with Crippen molar-refractivity contribution in [2.24, 2.45) is 27.7 Å². The smallest absolute Gasteiger partial charge is 0.263 e. The summed E-state index contributed by atoms with van der Waals surface area (Å²) in [4.78, 5) is 15.0. The van der Waals surface area contributed by atoms with Gasteiger partial charge in [0.15, 0.2) is 0 Å². The van der Waals surface area contributed by atoms with E-state index in [1.165, 1.54) is 44.6 Å². The van der Waals surface area contributed by atoms with Crippen molar-refractivity contribution >= 4 is 27.8 Å². The van der Waals surface area contributed by atoms with Crippen LogP contribution in [-0.2, 0) is 0 Å². The molecule has 2 unspecified atom stereocenters. The van der Waals surface area contributed by atoms with Crippen LogP contribution < -0.4 is 5.11 Å². The fraction of sp³-hybridized carbons (Fsp3) is 0.632. The lowest BCUT2D eigenvalue weighted by molar-refractivity contribution is -0.398. The molecule has 4 saturated carbocycles. The maximum atomic E-state index is 12.2. The summed E-state index contributed by atoms with van der Waals surface area (Å²) in [5.41, 5.74) is 0.629. The van der Waals surface area contributed by atoms with E-state index in [1.54, 1.807) is 12.3 Å². The first-order chi connectivity index (χ1) is 11.8. The van der Waals surface area contributed by atoms with E-state index in [-0.39, 0.29) is 11.0 Å². The molecule has 0 saturated heterocycles. The van der Waals surface area contributed by atoms with Crippen LogP contribution in [0.1, 0.15) is 51.0 Å². The molecule has 134 valence electrons. The van der Waals surface area contributed by atoms with E-state index < -0.39 is 16.4 Å². The van der Waals surface area contributed by atoms with Crippen molar-refractivity contribution in [1.29, 1.82) is 0 Å². The Morgan fingerprint density at radius 3 is 2.60 bits per heavy atom. The van der Waals surface area contributed by atoms with Crippen LogP contribution in [0.5, 0.6) is 5.75 Å². The Kier molecular flexibility index (Phi) is 3.94. The Hall–Kier alpha value is -1.43. The van der Waals surface area contributed by atoms with Crippen LogP contribution in [0.25, 0.3) is 0 Å². The van der Waals surface area contributed by atoms with Crippen LogP contribution in [-0.4, -0.2) is 17.7 Å². The summed E-state index contributed by atoms with van der Waals surface area (Å²) in [6, 6.07) is 2.86. The van der Waals surface area contributed by atoms with Gasteiger partial charge in [0.1, 0.15) is 0 Å². The molecule has 0 heterocycles. The fourth-order valence-corrected chi connectivity index (χ4v) is 6.75. The van der Waals surface area contributed by atoms with E-state index in [2.05, 4.69) is 27.8 Å². The Bertz CT molecular complexity index is 747. The van der Waals surface area contributed by atoms with E-state index in [1.807, 2.05) is 0 Å². The van der Waals surface area contributed by atoms with Gasteiger partial charge in [-0.05, 0) is 78.6 Å². The molecule has 4 aliphatic carbocycles. The lowest BCUT2D eigenvalue weighted by atomic mass is 9.45. The molecule has 1 aromatic carbocycles. The van der Waals surface area contributed by atoms with Gasteiger partial charge in [-0.3, -0.25) is 15.1 Å². The highest BCUT2D eigenvalue weighted by Crippen LogP contribution is 2.65. The third kappa shape index (κ3) is 3.09. The van der Waals surface area contributed by atoms with Gasteiger partial charge in [-0.25, -0.2) is 0 Å². The average molecular weight is 406 g/mol. The molecule has 0 radical (unpaired) electrons. The first-order valence-electron chi connectivity index (χ1n) is 8.92. The van der Waals surface area contributed by atoms with Crippen LogP contribution in [0.15, 0.2) is 21.6 Å². The molecule has 4 aliphatic rings. The van der Waals surface area contributed by atoms with Gasteiger partial charge in [0, 0.05) is 23.3 Å². The zero-order chi connectivity index (χ0) is 17.8. The quantitative estimate of drug-likeness (QED) is 0.421. The molecular formula is C19H22BrN2O3-. The van der Waals surface area contributed by atoms with E-state index >= 15 is 0 Å². The molecule has 0 aromatic heterocycles. The molecule has 0 amide bonds. The molecule has 1 aromatic rings. The number of rotatable bonds is 4. The minimum absolute atomic E-state index is 0.274. The van der Waals surface area contributed by atoms with Crippen LogP contribution >= 0.6 is 15.9 Å². The third-order valence-electron chi connectivity index (χ3n) is 6.39. The monoisotopic (exact) mass is 405 g/mol. The molecule has 5 rings (SSSR count). The Labute approximate surface area is 155 Å². The summed E-state index contributed by atoms with van der Waals surface area (Å²) in [7, 11) is 0. The first kappa shape index (κ1) is 17.0. The number of nitrogens with zero attached hydrogens (tertiary/aromatic N) is 2. The molecule has 5 nitrogen and oxygen atoms in total. The predicted octanol–water partition coefficient (Wildman–Crippen LogP) is 4.46. The maximum absolute atomic E-state index is 12.2. The maximum Gasteiger partial charge on any atom is 0.263 e. The van der Waals surface area contributed by atoms with Crippen molar-refractivity contribution in [3.8, 4) is 5.75 Å². The number of hydrogen-bond donors (Lipinski definition) is 0. The van der Waals surface area contributed by atoms with Crippen molar-refractivity contribution in [2.45, 2.75) is 45.4 Å². The Balaban J connectivity index is 1.55. The number of halogens is 1. The lowest BCUT2D eigenvalue weighted by Gasteiger charge is -2.61. The normalized spacial score (nSPS) is 36.2. The average Bonchev–Trinajstić information content (AvgIpc) is 2.47. The minimum Gasteiger partial charge on any atom is -0.867 e. The van der Waals surface area contributed by atoms with E-state index in [9.17, 15) is 15.2 Å². The predicted molar refractivity (Wildman–Crippen MR) is 97.9 cm³/mol. The molecule has 4 atom stereocenters. The van der Waals surface area contributed by atoms with E-state index in [0.29, 0.717) is 9.89 Å². The number of aliphatic imine (C=N–C) groups is 1. The van der Waals surface area contributed by atoms with Gasteiger partial charge in [0.25, 0.3) is 5.69 Å². The molecule has 0 N–H and O–H groups in total. The Morgan fingerprint density at radius 2 is 2.00 bits per heavy atom. The number of benzene rings is 1. The van der Waals surface area contributed by atoms with Crippen LogP contribution in [0, 0.1) is 32.8 Å². The van der Waals surface area contributed by atoms with Gasteiger partial charge in [0.05, 0.1) is 4.92 Å². The van der Waals surface area contributed by atoms with Gasteiger partial charge >= 0.3 is 0 Å². The second kappa shape index (κ2) is 5.79. The summed E-state index contributed by atoms with van der Waals surface area (Å²) in [6.45, 7) is 3.16. The SMILES string of the molecule is CC12C[C@H]3C[C@@H](C1)CC(CN=Cc1cc(Br)cc([N+](=O)[O-])c1[O-])(C3)C2. The highest BCUT2D eigenvalue weighted by molar-refractivity contribution is 9.10. The van der Waals surface area contributed by atoms with E-state index in [4.69, 9.17) is 0 Å². The van der Waals surface area contributed by atoms with Gasteiger partial charge in [-0.1, -0.05) is 22.9 Å². The van der Waals surface area contributed by atoms with Gasteiger partial charge in [-0.2, -0.15) is 0 Å². The summed E-state index contributed by atoms with van der Waals surface area (Å²) >= 11 is 3.24. The number of nitro groups is 1. The van der Waals surface area contributed by atoms with Crippen molar-refractivity contribution < 1.29 is 10.0 Å². The van der Waals surface area contributed by atoms with Gasteiger partial charge < -0.3 is 5.11 Å². The van der Waals surface area contributed by atoms with E-state index in [0.717, 1.165) is 18.4 Å². The van der Waals surface area contributed by atoms with Crippen LogP contribution in [0.2, 0.25) is 0 Å². The molecule has 0 spiro atoms. The van der Waals surface area contributed by atoms with Crippen molar-refractivity contribution in [3.63, 3.8) is 0 Å². The highest BCUT2D eigenvalue weighted by Gasteiger charge is 2.55. The summed E-state index contributed by atoms with van der Waals surface area (Å²) < 4.78 is 0.530. The third-order valence-corrected chi connectivity index (χ3v) is 6.85. The largest absolute Gasteiger partial charge is 0.867 e. The van der Waals surface area contributed by atoms with Gasteiger partial charge in [0.2, 0.25) is 0 Å². The topological polar surface area (TPSA) is 78.6 Å².